The minimum absolute atomic E-state index is 0.384. The molecule has 1 aromatic carbocycles. The number of rotatable bonds is 4. The Morgan fingerprint density at radius 3 is 2.62 bits per heavy atom. The van der Waals surface area contributed by atoms with Crippen LogP contribution in [0.3, 0.4) is 0 Å². The first kappa shape index (κ1) is 11.4. The summed E-state index contributed by atoms with van der Waals surface area (Å²) in [7, 11) is 0. The van der Waals surface area contributed by atoms with Crippen molar-refractivity contribution in [2.24, 2.45) is 5.92 Å². The standard InChI is InChI=1S/C15H20O/c1-3-14-9-10-15(12(14)2)16-11-13-7-5-4-6-8-13/h4-9,12,15H,3,10-11H2,1-2H3/t12-,15-/m1/s1. The summed E-state index contributed by atoms with van der Waals surface area (Å²) >= 11 is 0. The molecule has 0 aliphatic heterocycles. The predicted molar refractivity (Wildman–Crippen MR) is 67.2 cm³/mol. The zero-order chi connectivity index (χ0) is 11.4. The van der Waals surface area contributed by atoms with Gasteiger partial charge in [0.1, 0.15) is 0 Å². The van der Waals surface area contributed by atoms with E-state index in [0.29, 0.717) is 12.0 Å². The molecule has 2 atom stereocenters. The van der Waals surface area contributed by atoms with Gasteiger partial charge >= 0.3 is 0 Å². The highest BCUT2D eigenvalue weighted by Gasteiger charge is 2.25. The van der Waals surface area contributed by atoms with Gasteiger partial charge in [0.15, 0.2) is 0 Å². The summed E-state index contributed by atoms with van der Waals surface area (Å²) in [5.41, 5.74) is 2.82. The number of hydrogen-bond donors (Lipinski definition) is 0. The Hall–Kier alpha value is -1.08. The van der Waals surface area contributed by atoms with E-state index in [0.717, 1.165) is 19.4 Å². The maximum Gasteiger partial charge on any atom is 0.0721 e. The molecule has 0 aromatic heterocycles. The Balaban J connectivity index is 1.85. The van der Waals surface area contributed by atoms with Crippen molar-refractivity contribution in [2.45, 2.75) is 39.4 Å². The first-order valence-electron chi connectivity index (χ1n) is 6.15. The molecule has 0 heterocycles. The lowest BCUT2D eigenvalue weighted by atomic mass is 10.00. The van der Waals surface area contributed by atoms with Crippen LogP contribution in [0, 0.1) is 5.92 Å². The molecule has 0 fully saturated rings. The highest BCUT2D eigenvalue weighted by Crippen LogP contribution is 2.30. The van der Waals surface area contributed by atoms with Crippen LogP contribution in [0.1, 0.15) is 32.3 Å². The van der Waals surface area contributed by atoms with Gasteiger partial charge in [0.2, 0.25) is 0 Å². The van der Waals surface area contributed by atoms with E-state index in [1.54, 1.807) is 5.57 Å². The summed E-state index contributed by atoms with van der Waals surface area (Å²) in [5.74, 6) is 0.591. The molecule has 0 spiro atoms. The Morgan fingerprint density at radius 2 is 2.00 bits per heavy atom. The molecule has 16 heavy (non-hydrogen) atoms. The molecule has 0 saturated carbocycles. The van der Waals surface area contributed by atoms with Gasteiger partial charge in [-0.15, -0.1) is 0 Å². The largest absolute Gasteiger partial charge is 0.373 e. The molecule has 1 aliphatic rings. The highest BCUT2D eigenvalue weighted by atomic mass is 16.5. The third kappa shape index (κ3) is 2.53. The van der Waals surface area contributed by atoms with Crippen molar-refractivity contribution in [3.63, 3.8) is 0 Å². The van der Waals surface area contributed by atoms with Gasteiger partial charge in [-0.1, -0.05) is 55.8 Å². The van der Waals surface area contributed by atoms with E-state index >= 15 is 0 Å². The van der Waals surface area contributed by atoms with Crippen molar-refractivity contribution >= 4 is 0 Å². The molecular weight excluding hydrogens is 196 g/mol. The molecule has 1 aliphatic carbocycles. The first-order chi connectivity index (χ1) is 7.81. The highest BCUT2D eigenvalue weighted by molar-refractivity contribution is 5.16. The lowest BCUT2D eigenvalue weighted by Crippen LogP contribution is -2.17. The van der Waals surface area contributed by atoms with Crippen molar-refractivity contribution < 1.29 is 4.74 Å². The van der Waals surface area contributed by atoms with E-state index in [2.05, 4.69) is 44.2 Å². The molecule has 2 rings (SSSR count). The van der Waals surface area contributed by atoms with Gasteiger partial charge in [-0.2, -0.15) is 0 Å². The molecular formula is C15H20O. The number of ether oxygens (including phenoxy) is 1. The van der Waals surface area contributed by atoms with Crippen LogP contribution in [0.25, 0.3) is 0 Å². The summed E-state index contributed by atoms with van der Waals surface area (Å²) in [5, 5.41) is 0. The van der Waals surface area contributed by atoms with Crippen LogP contribution in [0.5, 0.6) is 0 Å². The molecule has 86 valence electrons. The predicted octanol–water partition coefficient (Wildman–Crippen LogP) is 3.95. The summed E-state index contributed by atoms with van der Waals surface area (Å²) in [6.07, 6.45) is 4.97. The zero-order valence-corrected chi connectivity index (χ0v) is 10.1. The minimum atomic E-state index is 0.384. The summed E-state index contributed by atoms with van der Waals surface area (Å²) in [4.78, 5) is 0. The molecule has 0 saturated heterocycles. The van der Waals surface area contributed by atoms with E-state index in [9.17, 15) is 0 Å². The van der Waals surface area contributed by atoms with Crippen molar-refractivity contribution in [2.75, 3.05) is 0 Å². The quantitative estimate of drug-likeness (QED) is 0.692. The monoisotopic (exact) mass is 216 g/mol. The summed E-state index contributed by atoms with van der Waals surface area (Å²) in [6.45, 7) is 5.24. The van der Waals surface area contributed by atoms with Gasteiger partial charge in [0, 0.05) is 5.92 Å². The first-order valence-corrected chi connectivity index (χ1v) is 6.15. The molecule has 0 radical (unpaired) electrons. The van der Waals surface area contributed by atoms with Crippen LogP contribution < -0.4 is 0 Å². The third-order valence-electron chi connectivity index (χ3n) is 3.47. The van der Waals surface area contributed by atoms with E-state index in [-0.39, 0.29) is 0 Å². The van der Waals surface area contributed by atoms with Crippen LogP contribution in [0.15, 0.2) is 42.0 Å². The fourth-order valence-corrected chi connectivity index (χ4v) is 2.35. The molecule has 0 amide bonds. The Bertz CT molecular complexity index is 353. The lowest BCUT2D eigenvalue weighted by molar-refractivity contribution is 0.0240. The van der Waals surface area contributed by atoms with Gasteiger partial charge in [-0.05, 0) is 18.4 Å². The Morgan fingerprint density at radius 1 is 1.25 bits per heavy atom. The van der Waals surface area contributed by atoms with Crippen LogP contribution in [-0.4, -0.2) is 6.10 Å². The maximum absolute atomic E-state index is 5.98. The summed E-state index contributed by atoms with van der Waals surface area (Å²) < 4.78 is 5.98. The molecule has 1 heteroatoms. The van der Waals surface area contributed by atoms with Crippen molar-refractivity contribution in [3.05, 3.63) is 47.5 Å². The van der Waals surface area contributed by atoms with Crippen molar-refractivity contribution in [3.8, 4) is 0 Å². The fraction of sp³-hybridized carbons (Fsp3) is 0.467. The average Bonchev–Trinajstić information content (AvgIpc) is 2.69. The minimum Gasteiger partial charge on any atom is -0.373 e. The van der Waals surface area contributed by atoms with E-state index < -0.39 is 0 Å². The van der Waals surface area contributed by atoms with Gasteiger partial charge in [0.05, 0.1) is 12.7 Å². The lowest BCUT2D eigenvalue weighted by Gasteiger charge is -2.19. The second-order valence-electron chi connectivity index (χ2n) is 4.49. The van der Waals surface area contributed by atoms with Crippen LogP contribution in [-0.2, 0) is 11.3 Å². The van der Waals surface area contributed by atoms with Crippen LogP contribution in [0.2, 0.25) is 0 Å². The van der Waals surface area contributed by atoms with Crippen molar-refractivity contribution in [1.82, 2.24) is 0 Å². The van der Waals surface area contributed by atoms with Crippen molar-refractivity contribution in [1.29, 1.82) is 0 Å². The fourth-order valence-electron chi connectivity index (χ4n) is 2.35. The molecule has 0 N–H and O–H groups in total. The average molecular weight is 216 g/mol. The Kier molecular flexibility index (Phi) is 3.79. The topological polar surface area (TPSA) is 9.23 Å². The molecule has 1 nitrogen and oxygen atoms in total. The molecule has 1 aromatic rings. The van der Waals surface area contributed by atoms with Gasteiger partial charge in [-0.25, -0.2) is 0 Å². The SMILES string of the molecule is CCC1=CC[C@@H](OCc2ccccc2)[C@@H]1C. The summed E-state index contributed by atoms with van der Waals surface area (Å²) in [6, 6.07) is 10.4. The second kappa shape index (κ2) is 5.31. The van der Waals surface area contributed by atoms with E-state index in [4.69, 9.17) is 4.74 Å². The van der Waals surface area contributed by atoms with Crippen LogP contribution in [0.4, 0.5) is 0 Å². The van der Waals surface area contributed by atoms with Crippen LogP contribution >= 0.6 is 0 Å². The molecule has 0 bridgehead atoms. The smallest absolute Gasteiger partial charge is 0.0721 e. The number of benzene rings is 1. The normalized spacial score (nSPS) is 24.5. The maximum atomic E-state index is 5.98. The zero-order valence-electron chi connectivity index (χ0n) is 10.1. The number of hydrogen-bond acceptors (Lipinski definition) is 1. The molecule has 0 unspecified atom stereocenters. The Labute approximate surface area is 98.1 Å². The van der Waals surface area contributed by atoms with Gasteiger partial charge in [-0.3, -0.25) is 0 Å². The van der Waals surface area contributed by atoms with E-state index in [1.807, 2.05) is 6.07 Å². The van der Waals surface area contributed by atoms with Gasteiger partial charge in [0.25, 0.3) is 0 Å². The second-order valence-corrected chi connectivity index (χ2v) is 4.49. The van der Waals surface area contributed by atoms with E-state index in [1.165, 1.54) is 5.56 Å². The third-order valence-corrected chi connectivity index (χ3v) is 3.47. The van der Waals surface area contributed by atoms with Gasteiger partial charge < -0.3 is 4.74 Å².